The summed E-state index contributed by atoms with van der Waals surface area (Å²) < 4.78 is 44.7. The van der Waals surface area contributed by atoms with Crippen LogP contribution < -0.4 is 5.32 Å². The number of amides is 1. The van der Waals surface area contributed by atoms with E-state index in [0.717, 1.165) is 6.07 Å². The van der Waals surface area contributed by atoms with Crippen molar-refractivity contribution in [1.82, 2.24) is 0 Å². The molecule has 1 N–H and O–H groups in total. The van der Waals surface area contributed by atoms with Gasteiger partial charge in [-0.05, 0) is 30.3 Å². The quantitative estimate of drug-likeness (QED) is 0.436. The van der Waals surface area contributed by atoms with E-state index in [4.69, 9.17) is 16.0 Å². The van der Waals surface area contributed by atoms with Crippen LogP contribution in [0.5, 0.6) is 0 Å². The first-order valence-electron chi connectivity index (χ1n) is 7.68. The number of carbonyl (C=O) groups excluding carboxylic acids is 1. The smallest absolute Gasteiger partial charge is 0.418 e. The van der Waals surface area contributed by atoms with Crippen molar-refractivity contribution < 1.29 is 27.3 Å². The Bertz CT molecular complexity index is 1060. The van der Waals surface area contributed by atoms with Gasteiger partial charge in [-0.15, -0.1) is 0 Å². The van der Waals surface area contributed by atoms with Crippen molar-refractivity contribution >= 4 is 28.9 Å². The second-order valence-electron chi connectivity index (χ2n) is 5.61. The standard InChI is InChI=1S/C18H10ClF3N2O4/c19-11-4-5-14(13(9-11)18(20,21)22)23-17(25)16-7-6-15(28-16)10-2-1-3-12(8-10)24(26)27/h1-9H,(H,23,25). The number of nitrogens with one attached hydrogen (secondary N) is 1. The van der Waals surface area contributed by atoms with Crippen molar-refractivity contribution in [2.24, 2.45) is 0 Å². The highest BCUT2D eigenvalue weighted by Gasteiger charge is 2.34. The Labute approximate surface area is 160 Å². The van der Waals surface area contributed by atoms with E-state index in [-0.39, 0.29) is 22.2 Å². The first kappa shape index (κ1) is 19.4. The summed E-state index contributed by atoms with van der Waals surface area (Å²) in [6.45, 7) is 0. The van der Waals surface area contributed by atoms with Gasteiger partial charge in [0.1, 0.15) is 5.76 Å². The molecule has 10 heteroatoms. The molecule has 0 fully saturated rings. The van der Waals surface area contributed by atoms with Crippen LogP contribution in [-0.4, -0.2) is 10.8 Å². The number of furan rings is 1. The van der Waals surface area contributed by atoms with Crippen LogP contribution in [0.15, 0.2) is 59.0 Å². The van der Waals surface area contributed by atoms with Gasteiger partial charge in [0.2, 0.25) is 0 Å². The number of carbonyl (C=O) groups is 1. The maximum absolute atomic E-state index is 13.1. The number of hydrogen-bond donors (Lipinski definition) is 1. The Hall–Kier alpha value is -3.33. The van der Waals surface area contributed by atoms with Gasteiger partial charge in [-0.3, -0.25) is 14.9 Å². The minimum atomic E-state index is -4.72. The highest BCUT2D eigenvalue weighted by molar-refractivity contribution is 6.30. The van der Waals surface area contributed by atoms with Crippen molar-refractivity contribution in [2.45, 2.75) is 6.18 Å². The Morgan fingerprint density at radius 2 is 1.86 bits per heavy atom. The second kappa shape index (κ2) is 7.35. The average Bonchev–Trinajstić information content (AvgIpc) is 3.13. The van der Waals surface area contributed by atoms with Gasteiger partial charge in [-0.1, -0.05) is 23.7 Å². The molecule has 0 aliphatic carbocycles. The van der Waals surface area contributed by atoms with E-state index in [1.807, 2.05) is 0 Å². The SMILES string of the molecule is O=C(Nc1ccc(Cl)cc1C(F)(F)F)c1ccc(-c2cccc([N+](=O)[O-])c2)o1. The minimum Gasteiger partial charge on any atom is -0.451 e. The van der Waals surface area contributed by atoms with Crippen LogP contribution in [0.4, 0.5) is 24.5 Å². The lowest BCUT2D eigenvalue weighted by Gasteiger charge is -2.13. The fourth-order valence-electron chi connectivity index (χ4n) is 2.43. The van der Waals surface area contributed by atoms with E-state index in [0.29, 0.717) is 11.6 Å². The van der Waals surface area contributed by atoms with Crippen LogP contribution in [-0.2, 0) is 6.18 Å². The van der Waals surface area contributed by atoms with Gasteiger partial charge in [0, 0.05) is 22.7 Å². The second-order valence-corrected chi connectivity index (χ2v) is 6.05. The molecule has 0 aliphatic heterocycles. The molecule has 0 radical (unpaired) electrons. The molecular weight excluding hydrogens is 401 g/mol. The van der Waals surface area contributed by atoms with Gasteiger partial charge >= 0.3 is 6.18 Å². The average molecular weight is 411 g/mol. The fraction of sp³-hybridized carbons (Fsp3) is 0.0556. The summed E-state index contributed by atoms with van der Waals surface area (Å²) in [7, 11) is 0. The van der Waals surface area contributed by atoms with E-state index in [1.54, 1.807) is 0 Å². The summed E-state index contributed by atoms with van der Waals surface area (Å²) in [5.41, 5.74) is -1.40. The summed E-state index contributed by atoms with van der Waals surface area (Å²) in [5.74, 6) is -1.02. The number of hydrogen-bond acceptors (Lipinski definition) is 4. The maximum Gasteiger partial charge on any atom is 0.418 e. The number of anilines is 1. The molecule has 6 nitrogen and oxygen atoms in total. The number of nitro groups is 1. The topological polar surface area (TPSA) is 85.4 Å². The van der Waals surface area contributed by atoms with Gasteiger partial charge in [-0.2, -0.15) is 13.2 Å². The van der Waals surface area contributed by atoms with E-state index in [2.05, 4.69) is 5.32 Å². The van der Waals surface area contributed by atoms with Gasteiger partial charge in [0.25, 0.3) is 11.6 Å². The minimum absolute atomic E-state index is 0.128. The molecular formula is C18H10ClF3N2O4. The largest absolute Gasteiger partial charge is 0.451 e. The normalized spacial score (nSPS) is 11.3. The molecule has 0 aliphatic rings. The summed E-state index contributed by atoms with van der Waals surface area (Å²) in [4.78, 5) is 22.5. The zero-order valence-corrected chi connectivity index (χ0v) is 14.5. The zero-order chi connectivity index (χ0) is 20.5. The molecule has 1 amide bonds. The van der Waals surface area contributed by atoms with Gasteiger partial charge in [0.05, 0.1) is 16.2 Å². The molecule has 0 unspecified atom stereocenters. The number of nitro benzene ring substituents is 1. The number of non-ortho nitro benzene ring substituents is 1. The molecule has 0 bridgehead atoms. The molecule has 0 atom stereocenters. The van der Waals surface area contributed by atoms with Crippen LogP contribution in [0.3, 0.4) is 0 Å². The predicted molar refractivity (Wildman–Crippen MR) is 95.2 cm³/mol. The third-order valence-corrected chi connectivity index (χ3v) is 3.94. The number of benzene rings is 2. The summed E-state index contributed by atoms with van der Waals surface area (Å²) >= 11 is 5.60. The predicted octanol–water partition coefficient (Wildman–Crippen LogP) is 5.78. The zero-order valence-electron chi connectivity index (χ0n) is 13.8. The van der Waals surface area contributed by atoms with Gasteiger partial charge in [-0.25, -0.2) is 0 Å². The first-order chi connectivity index (χ1) is 13.1. The molecule has 0 saturated heterocycles. The molecule has 1 heterocycles. The molecule has 1 aromatic heterocycles. The lowest BCUT2D eigenvalue weighted by molar-refractivity contribution is -0.384. The van der Waals surface area contributed by atoms with Crippen LogP contribution >= 0.6 is 11.6 Å². The van der Waals surface area contributed by atoms with E-state index in [1.165, 1.54) is 42.5 Å². The molecule has 0 saturated carbocycles. The Morgan fingerprint density at radius 1 is 1.11 bits per heavy atom. The van der Waals surface area contributed by atoms with Crippen molar-refractivity contribution in [3.63, 3.8) is 0 Å². The fourth-order valence-corrected chi connectivity index (χ4v) is 2.60. The van der Waals surface area contributed by atoms with Crippen molar-refractivity contribution in [3.05, 3.63) is 81.1 Å². The summed E-state index contributed by atoms with van der Waals surface area (Å²) in [6, 6.07) is 11.1. The molecule has 0 spiro atoms. The Balaban J connectivity index is 1.86. The molecule has 3 rings (SSSR count). The Kier molecular flexibility index (Phi) is 5.10. The number of rotatable bonds is 4. The van der Waals surface area contributed by atoms with Crippen molar-refractivity contribution in [2.75, 3.05) is 5.32 Å². The summed E-state index contributed by atoms with van der Waals surface area (Å²) in [6.07, 6.45) is -4.72. The summed E-state index contributed by atoms with van der Waals surface area (Å²) in [5, 5.41) is 12.9. The number of nitrogens with zero attached hydrogens (tertiary/aromatic N) is 1. The third-order valence-electron chi connectivity index (χ3n) is 3.71. The van der Waals surface area contributed by atoms with Crippen LogP contribution in [0.1, 0.15) is 16.1 Å². The van der Waals surface area contributed by atoms with Gasteiger partial charge < -0.3 is 9.73 Å². The van der Waals surface area contributed by atoms with E-state index < -0.39 is 28.3 Å². The third kappa shape index (κ3) is 4.15. The molecule has 3 aromatic rings. The molecule has 2 aromatic carbocycles. The number of halogens is 4. The molecule has 28 heavy (non-hydrogen) atoms. The van der Waals surface area contributed by atoms with Gasteiger partial charge in [0.15, 0.2) is 5.76 Å². The van der Waals surface area contributed by atoms with Crippen molar-refractivity contribution in [3.8, 4) is 11.3 Å². The van der Waals surface area contributed by atoms with Crippen LogP contribution in [0, 0.1) is 10.1 Å². The lowest BCUT2D eigenvalue weighted by Crippen LogP contribution is -2.16. The monoisotopic (exact) mass is 410 g/mol. The van der Waals surface area contributed by atoms with Crippen LogP contribution in [0.2, 0.25) is 5.02 Å². The Morgan fingerprint density at radius 3 is 2.54 bits per heavy atom. The van der Waals surface area contributed by atoms with Crippen LogP contribution in [0.25, 0.3) is 11.3 Å². The van der Waals surface area contributed by atoms with E-state index >= 15 is 0 Å². The number of alkyl halides is 3. The van der Waals surface area contributed by atoms with E-state index in [9.17, 15) is 28.1 Å². The first-order valence-corrected chi connectivity index (χ1v) is 8.06. The highest BCUT2D eigenvalue weighted by atomic mass is 35.5. The lowest BCUT2D eigenvalue weighted by atomic mass is 10.1. The van der Waals surface area contributed by atoms with Crippen molar-refractivity contribution in [1.29, 1.82) is 0 Å². The molecule has 144 valence electrons. The maximum atomic E-state index is 13.1. The highest BCUT2D eigenvalue weighted by Crippen LogP contribution is 2.37.